The molecule has 4 nitrogen and oxygen atoms in total. The molecular formula is C11H18N4. The summed E-state index contributed by atoms with van der Waals surface area (Å²) in [6.45, 7) is 8.70. The molecule has 82 valence electrons. The van der Waals surface area contributed by atoms with Crippen LogP contribution in [-0.4, -0.2) is 20.3 Å². The molecule has 4 heteroatoms. The molecule has 0 saturated heterocycles. The summed E-state index contributed by atoms with van der Waals surface area (Å²) in [6, 6.07) is 0.318. The second kappa shape index (κ2) is 4.45. The minimum atomic E-state index is -0.312. The van der Waals surface area contributed by atoms with E-state index in [1.165, 1.54) is 0 Å². The quantitative estimate of drug-likeness (QED) is 0.756. The lowest BCUT2D eigenvalue weighted by molar-refractivity contribution is 0.443. The van der Waals surface area contributed by atoms with Gasteiger partial charge in [0.25, 0.3) is 0 Å². The van der Waals surface area contributed by atoms with Crippen LogP contribution >= 0.6 is 0 Å². The molecule has 1 heterocycles. The fourth-order valence-corrected chi connectivity index (χ4v) is 1.18. The summed E-state index contributed by atoms with van der Waals surface area (Å²) in [7, 11) is 0. The number of terminal acetylenes is 1. The van der Waals surface area contributed by atoms with E-state index in [1.807, 2.05) is 18.5 Å². The Morgan fingerprint density at radius 2 is 2.27 bits per heavy atom. The summed E-state index contributed by atoms with van der Waals surface area (Å²) < 4.78 is 1.89. The highest BCUT2D eigenvalue weighted by atomic mass is 15.4. The minimum absolute atomic E-state index is 0.312. The first-order valence-corrected chi connectivity index (χ1v) is 5.07. The van der Waals surface area contributed by atoms with Gasteiger partial charge >= 0.3 is 0 Å². The largest absolute Gasteiger partial charge is 0.294 e. The van der Waals surface area contributed by atoms with Crippen LogP contribution in [0.5, 0.6) is 0 Å². The topological polar surface area (TPSA) is 42.7 Å². The summed E-state index contributed by atoms with van der Waals surface area (Å²) in [5, 5.41) is 7.40. The van der Waals surface area contributed by atoms with Crippen molar-refractivity contribution >= 4 is 0 Å². The van der Waals surface area contributed by atoms with Gasteiger partial charge in [0.15, 0.2) is 0 Å². The molecule has 1 rings (SSSR count). The van der Waals surface area contributed by atoms with E-state index in [4.69, 9.17) is 6.42 Å². The third-order valence-electron chi connectivity index (χ3n) is 2.19. The molecular weight excluding hydrogens is 188 g/mol. The second-order valence-corrected chi connectivity index (χ2v) is 4.34. The molecule has 0 unspecified atom stereocenters. The molecule has 0 amide bonds. The molecule has 15 heavy (non-hydrogen) atoms. The molecule has 0 fully saturated rings. The van der Waals surface area contributed by atoms with E-state index in [-0.39, 0.29) is 5.54 Å². The average molecular weight is 206 g/mol. The molecule has 0 radical (unpaired) electrons. The Kier molecular flexibility index (Phi) is 3.48. The van der Waals surface area contributed by atoms with E-state index in [9.17, 15) is 0 Å². The highest BCUT2D eigenvalue weighted by molar-refractivity contribution is 5.08. The Morgan fingerprint density at radius 3 is 2.80 bits per heavy atom. The first kappa shape index (κ1) is 11.7. The van der Waals surface area contributed by atoms with Gasteiger partial charge in [-0.25, -0.2) is 9.67 Å². The number of nitrogens with one attached hydrogen (secondary N) is 1. The van der Waals surface area contributed by atoms with Crippen molar-refractivity contribution in [2.45, 2.75) is 45.8 Å². The minimum Gasteiger partial charge on any atom is -0.294 e. The Bertz CT molecular complexity index is 357. The van der Waals surface area contributed by atoms with Crippen molar-refractivity contribution in [2.75, 3.05) is 0 Å². The van der Waals surface area contributed by atoms with Crippen molar-refractivity contribution in [3.63, 3.8) is 0 Å². The Hall–Kier alpha value is -1.34. The van der Waals surface area contributed by atoms with E-state index >= 15 is 0 Å². The number of nitrogens with zero attached hydrogens (tertiary/aromatic N) is 3. The zero-order valence-corrected chi connectivity index (χ0v) is 9.78. The van der Waals surface area contributed by atoms with Crippen molar-refractivity contribution in [3.8, 4) is 12.3 Å². The van der Waals surface area contributed by atoms with E-state index < -0.39 is 0 Å². The molecule has 0 aromatic carbocycles. The van der Waals surface area contributed by atoms with Crippen molar-refractivity contribution in [3.05, 3.63) is 12.2 Å². The lowest BCUT2D eigenvalue weighted by Gasteiger charge is -2.19. The molecule has 0 aliphatic heterocycles. The number of hydrogen-bond acceptors (Lipinski definition) is 3. The molecule has 0 saturated carbocycles. The fourth-order valence-electron chi connectivity index (χ4n) is 1.18. The van der Waals surface area contributed by atoms with Crippen LogP contribution in [0.1, 0.15) is 39.6 Å². The predicted molar refractivity (Wildman–Crippen MR) is 60.2 cm³/mol. The van der Waals surface area contributed by atoms with Crippen molar-refractivity contribution in [1.29, 1.82) is 0 Å². The van der Waals surface area contributed by atoms with Crippen molar-refractivity contribution in [1.82, 2.24) is 20.1 Å². The second-order valence-electron chi connectivity index (χ2n) is 4.34. The van der Waals surface area contributed by atoms with E-state index in [2.05, 4.69) is 35.2 Å². The maximum atomic E-state index is 5.39. The molecule has 1 N–H and O–H groups in total. The van der Waals surface area contributed by atoms with Crippen LogP contribution in [0.15, 0.2) is 6.33 Å². The van der Waals surface area contributed by atoms with Gasteiger partial charge in [0.05, 0.1) is 12.1 Å². The third kappa shape index (κ3) is 3.07. The summed E-state index contributed by atoms with van der Waals surface area (Å²) in [5.74, 6) is 3.59. The lowest BCUT2D eigenvalue weighted by atomic mass is 10.1. The van der Waals surface area contributed by atoms with E-state index in [1.54, 1.807) is 6.33 Å². The van der Waals surface area contributed by atoms with Crippen LogP contribution in [-0.2, 0) is 6.54 Å². The Morgan fingerprint density at radius 1 is 1.60 bits per heavy atom. The molecule has 0 aliphatic carbocycles. The number of hydrogen-bond donors (Lipinski definition) is 1. The van der Waals surface area contributed by atoms with Gasteiger partial charge in [-0.1, -0.05) is 5.92 Å². The van der Waals surface area contributed by atoms with Gasteiger partial charge in [-0.05, 0) is 27.7 Å². The van der Waals surface area contributed by atoms with Crippen molar-refractivity contribution < 1.29 is 0 Å². The maximum absolute atomic E-state index is 5.39. The first-order chi connectivity index (χ1) is 6.96. The summed E-state index contributed by atoms with van der Waals surface area (Å²) in [5.41, 5.74) is -0.312. The van der Waals surface area contributed by atoms with Crippen LogP contribution in [0.4, 0.5) is 0 Å². The molecule has 1 aromatic heterocycles. The summed E-state index contributed by atoms with van der Waals surface area (Å²) in [6.07, 6.45) is 6.96. The van der Waals surface area contributed by atoms with Crippen LogP contribution in [0.2, 0.25) is 0 Å². The molecule has 0 atom stereocenters. The summed E-state index contributed by atoms with van der Waals surface area (Å²) >= 11 is 0. The maximum Gasteiger partial charge on any atom is 0.141 e. The van der Waals surface area contributed by atoms with Gasteiger partial charge in [-0.3, -0.25) is 5.32 Å². The van der Waals surface area contributed by atoms with Gasteiger partial charge in [-0.15, -0.1) is 6.42 Å². The van der Waals surface area contributed by atoms with Crippen LogP contribution in [0.25, 0.3) is 0 Å². The molecule has 0 aliphatic rings. The molecule has 0 spiro atoms. The molecule has 0 bridgehead atoms. The number of aromatic nitrogens is 3. The first-order valence-electron chi connectivity index (χ1n) is 5.07. The van der Waals surface area contributed by atoms with E-state index in [0.717, 1.165) is 5.82 Å². The van der Waals surface area contributed by atoms with Crippen LogP contribution in [0, 0.1) is 12.3 Å². The zero-order valence-electron chi connectivity index (χ0n) is 9.78. The van der Waals surface area contributed by atoms with Gasteiger partial charge in [-0.2, -0.15) is 5.10 Å². The number of rotatable bonds is 4. The highest BCUT2D eigenvalue weighted by Crippen LogP contribution is 2.07. The molecule has 1 aromatic rings. The van der Waals surface area contributed by atoms with Crippen LogP contribution in [0.3, 0.4) is 0 Å². The smallest absolute Gasteiger partial charge is 0.141 e. The average Bonchev–Trinajstić information content (AvgIpc) is 2.63. The Labute approximate surface area is 91.1 Å². The SMILES string of the molecule is C#CC(C)(C)NCc1ncnn1C(C)C. The fraction of sp³-hybridized carbons (Fsp3) is 0.636. The van der Waals surface area contributed by atoms with Crippen LogP contribution < -0.4 is 5.32 Å². The third-order valence-corrected chi connectivity index (χ3v) is 2.19. The standard InChI is InChI=1S/C11H18N4/c1-6-11(4,5)13-7-10-12-8-14-15(10)9(2)3/h1,8-9,13H,7H2,2-5H3. The highest BCUT2D eigenvalue weighted by Gasteiger charge is 2.15. The monoisotopic (exact) mass is 206 g/mol. The predicted octanol–water partition coefficient (Wildman–Crippen LogP) is 1.36. The normalized spacial score (nSPS) is 11.7. The van der Waals surface area contributed by atoms with Gasteiger partial charge in [0, 0.05) is 6.04 Å². The van der Waals surface area contributed by atoms with Crippen molar-refractivity contribution in [2.24, 2.45) is 0 Å². The van der Waals surface area contributed by atoms with Gasteiger partial charge in [0.1, 0.15) is 12.2 Å². The summed E-state index contributed by atoms with van der Waals surface area (Å²) in [4.78, 5) is 4.20. The van der Waals surface area contributed by atoms with E-state index in [0.29, 0.717) is 12.6 Å². The van der Waals surface area contributed by atoms with Gasteiger partial charge < -0.3 is 0 Å². The Balaban J connectivity index is 2.67. The van der Waals surface area contributed by atoms with Gasteiger partial charge in [0.2, 0.25) is 0 Å². The lowest BCUT2D eigenvalue weighted by Crippen LogP contribution is -2.37. The zero-order chi connectivity index (χ0) is 11.5.